The van der Waals surface area contributed by atoms with E-state index in [1.54, 1.807) is 0 Å². The summed E-state index contributed by atoms with van der Waals surface area (Å²) < 4.78 is 0. The largest absolute Gasteiger partial charge is 0.192 e. The van der Waals surface area contributed by atoms with Gasteiger partial charge in [-0.25, -0.2) is 0 Å². The van der Waals surface area contributed by atoms with Crippen molar-refractivity contribution in [1.82, 2.24) is 0 Å². The lowest BCUT2D eigenvalue weighted by Crippen LogP contribution is -2.32. The molecule has 0 fully saturated rings. The molecule has 0 aliphatic heterocycles. The van der Waals surface area contributed by atoms with Crippen molar-refractivity contribution >= 4 is 18.2 Å². The van der Waals surface area contributed by atoms with E-state index >= 15 is 0 Å². The molecule has 0 amide bonds. The van der Waals surface area contributed by atoms with Crippen molar-refractivity contribution in [2.75, 3.05) is 0 Å². The van der Waals surface area contributed by atoms with E-state index in [-0.39, 0.29) is 0 Å². The standard InChI is InChI=1S/C18H22B/c1-11-7-9-17(15(5)13(11)3)19-18-10-8-12(2)14(4)16(18)6/h7-10H,1-6H3. The van der Waals surface area contributed by atoms with E-state index < -0.39 is 0 Å². The topological polar surface area (TPSA) is 0 Å². The summed E-state index contributed by atoms with van der Waals surface area (Å²) in [5.74, 6) is 0. The lowest BCUT2D eigenvalue weighted by molar-refractivity contribution is 1.28. The molecule has 0 aliphatic rings. The van der Waals surface area contributed by atoms with Gasteiger partial charge in [-0.15, -0.1) is 0 Å². The smallest absolute Gasteiger partial charge is 0.0783 e. The Balaban J connectivity index is 2.43. The maximum absolute atomic E-state index is 2.31. The fourth-order valence-corrected chi connectivity index (χ4v) is 2.43. The highest BCUT2D eigenvalue weighted by Gasteiger charge is 2.09. The highest BCUT2D eigenvalue weighted by Crippen LogP contribution is 2.11. The maximum Gasteiger partial charge on any atom is 0.192 e. The molecule has 19 heavy (non-hydrogen) atoms. The van der Waals surface area contributed by atoms with Gasteiger partial charge in [0.15, 0.2) is 7.28 Å². The molecule has 0 saturated carbocycles. The van der Waals surface area contributed by atoms with E-state index in [4.69, 9.17) is 0 Å². The van der Waals surface area contributed by atoms with Crippen molar-refractivity contribution in [2.24, 2.45) is 0 Å². The Bertz CT molecular complexity index is 569. The van der Waals surface area contributed by atoms with Gasteiger partial charge in [-0.3, -0.25) is 0 Å². The van der Waals surface area contributed by atoms with Crippen molar-refractivity contribution in [3.63, 3.8) is 0 Å². The van der Waals surface area contributed by atoms with E-state index in [0.29, 0.717) is 0 Å². The van der Waals surface area contributed by atoms with Gasteiger partial charge in [-0.1, -0.05) is 46.3 Å². The van der Waals surface area contributed by atoms with Gasteiger partial charge >= 0.3 is 0 Å². The number of hydrogen-bond acceptors (Lipinski definition) is 0. The molecule has 97 valence electrons. The zero-order valence-electron chi connectivity index (χ0n) is 12.9. The van der Waals surface area contributed by atoms with Crippen LogP contribution < -0.4 is 10.9 Å². The second kappa shape index (κ2) is 5.24. The molecule has 0 atom stereocenters. The van der Waals surface area contributed by atoms with Gasteiger partial charge in [-0.05, 0) is 63.8 Å². The third-order valence-corrected chi connectivity index (χ3v) is 4.51. The van der Waals surface area contributed by atoms with Gasteiger partial charge in [0.1, 0.15) is 0 Å². The van der Waals surface area contributed by atoms with Crippen molar-refractivity contribution in [1.29, 1.82) is 0 Å². The zero-order valence-corrected chi connectivity index (χ0v) is 12.9. The Morgan fingerprint density at radius 1 is 0.526 bits per heavy atom. The Morgan fingerprint density at radius 3 is 1.26 bits per heavy atom. The predicted molar refractivity (Wildman–Crippen MR) is 86.3 cm³/mol. The molecule has 0 heterocycles. The minimum absolute atomic E-state index is 1.33. The molecular formula is C18H22B. The third-order valence-electron chi connectivity index (χ3n) is 4.51. The lowest BCUT2D eigenvalue weighted by atomic mass is 9.60. The van der Waals surface area contributed by atoms with Gasteiger partial charge < -0.3 is 0 Å². The summed E-state index contributed by atoms with van der Waals surface area (Å²) in [7, 11) is 2.31. The quantitative estimate of drug-likeness (QED) is 0.717. The molecule has 0 spiro atoms. The second-order valence-electron chi connectivity index (χ2n) is 5.59. The molecule has 1 heteroatoms. The van der Waals surface area contributed by atoms with Gasteiger partial charge in [0, 0.05) is 0 Å². The number of rotatable bonds is 2. The van der Waals surface area contributed by atoms with Crippen LogP contribution in [0.15, 0.2) is 24.3 Å². The first-order valence-corrected chi connectivity index (χ1v) is 6.90. The molecule has 2 aromatic carbocycles. The Morgan fingerprint density at radius 2 is 0.895 bits per heavy atom. The molecule has 0 aliphatic carbocycles. The van der Waals surface area contributed by atoms with Crippen LogP contribution >= 0.6 is 0 Å². The fraction of sp³-hybridized carbons (Fsp3) is 0.333. The molecule has 0 bridgehead atoms. The molecule has 0 nitrogen and oxygen atoms in total. The SMILES string of the molecule is Cc1ccc([B]c2ccc(C)c(C)c2C)c(C)c1C. The fourth-order valence-electron chi connectivity index (χ4n) is 2.43. The van der Waals surface area contributed by atoms with E-state index in [9.17, 15) is 0 Å². The highest BCUT2D eigenvalue weighted by atomic mass is 14.1. The van der Waals surface area contributed by atoms with E-state index in [2.05, 4.69) is 73.1 Å². The second-order valence-corrected chi connectivity index (χ2v) is 5.59. The summed E-state index contributed by atoms with van der Waals surface area (Å²) in [5.41, 5.74) is 11.0. The predicted octanol–water partition coefficient (Wildman–Crippen LogP) is 3.19. The summed E-state index contributed by atoms with van der Waals surface area (Å²) in [6.07, 6.45) is 0. The first-order valence-electron chi connectivity index (χ1n) is 6.90. The molecule has 0 N–H and O–H groups in total. The van der Waals surface area contributed by atoms with Crippen LogP contribution in [0.25, 0.3) is 0 Å². The van der Waals surface area contributed by atoms with Crippen LogP contribution in [-0.4, -0.2) is 7.28 Å². The molecule has 0 unspecified atom stereocenters. The summed E-state index contributed by atoms with van der Waals surface area (Å²) >= 11 is 0. The van der Waals surface area contributed by atoms with Crippen molar-refractivity contribution in [3.8, 4) is 0 Å². The minimum atomic E-state index is 1.33. The Labute approximate surface area is 118 Å². The van der Waals surface area contributed by atoms with E-state index in [1.807, 2.05) is 0 Å². The number of aryl methyl sites for hydroxylation is 2. The lowest BCUT2D eigenvalue weighted by Gasteiger charge is -2.14. The van der Waals surface area contributed by atoms with Crippen LogP contribution in [0.5, 0.6) is 0 Å². The van der Waals surface area contributed by atoms with Gasteiger partial charge in [0.25, 0.3) is 0 Å². The third kappa shape index (κ3) is 2.61. The van der Waals surface area contributed by atoms with Crippen LogP contribution in [-0.2, 0) is 0 Å². The van der Waals surface area contributed by atoms with Gasteiger partial charge in [-0.2, -0.15) is 0 Å². The Kier molecular flexibility index (Phi) is 3.84. The van der Waals surface area contributed by atoms with E-state index in [0.717, 1.165) is 0 Å². The number of benzene rings is 2. The molecule has 2 rings (SSSR count). The molecule has 0 aromatic heterocycles. The normalized spacial score (nSPS) is 10.6. The van der Waals surface area contributed by atoms with Crippen LogP contribution in [0.3, 0.4) is 0 Å². The molecule has 0 saturated heterocycles. The average Bonchev–Trinajstić information content (AvgIpc) is 2.39. The summed E-state index contributed by atoms with van der Waals surface area (Å²) in [6.45, 7) is 13.2. The van der Waals surface area contributed by atoms with Crippen LogP contribution in [0.1, 0.15) is 33.4 Å². The average molecular weight is 249 g/mol. The molecule has 1 radical (unpaired) electrons. The highest BCUT2D eigenvalue weighted by molar-refractivity contribution is 6.68. The maximum atomic E-state index is 2.31. The van der Waals surface area contributed by atoms with Gasteiger partial charge in [0.2, 0.25) is 0 Å². The molecular weight excluding hydrogens is 227 g/mol. The van der Waals surface area contributed by atoms with Gasteiger partial charge in [0.05, 0.1) is 0 Å². The van der Waals surface area contributed by atoms with Crippen LogP contribution in [0.2, 0.25) is 0 Å². The van der Waals surface area contributed by atoms with Crippen LogP contribution in [0.4, 0.5) is 0 Å². The van der Waals surface area contributed by atoms with Crippen molar-refractivity contribution < 1.29 is 0 Å². The number of hydrogen-bond donors (Lipinski definition) is 0. The summed E-state index contributed by atoms with van der Waals surface area (Å²) in [6, 6.07) is 8.88. The minimum Gasteiger partial charge on any atom is -0.0783 e. The zero-order chi connectivity index (χ0) is 14.2. The first kappa shape index (κ1) is 13.9. The van der Waals surface area contributed by atoms with Crippen LogP contribution in [0, 0.1) is 41.5 Å². The molecule has 2 aromatic rings. The Hall–Kier alpha value is -1.50. The van der Waals surface area contributed by atoms with E-state index in [1.165, 1.54) is 44.3 Å². The van der Waals surface area contributed by atoms with Crippen molar-refractivity contribution in [2.45, 2.75) is 41.5 Å². The first-order chi connectivity index (χ1) is 8.91. The summed E-state index contributed by atoms with van der Waals surface area (Å²) in [5, 5.41) is 0. The monoisotopic (exact) mass is 249 g/mol. The summed E-state index contributed by atoms with van der Waals surface area (Å²) in [4.78, 5) is 0. The van der Waals surface area contributed by atoms with Crippen molar-refractivity contribution in [3.05, 3.63) is 57.6 Å².